The fourth-order valence-electron chi connectivity index (χ4n) is 1.74. The Kier molecular flexibility index (Phi) is 5.23. The van der Waals surface area contributed by atoms with Crippen molar-refractivity contribution in [3.05, 3.63) is 29.8 Å². The molecule has 83 valence electrons. The van der Waals surface area contributed by atoms with E-state index in [-0.39, 0.29) is 0 Å². The van der Waals surface area contributed by atoms with Gasteiger partial charge in [0.05, 0.1) is 0 Å². The topological polar surface area (TPSA) is 12.0 Å². The van der Waals surface area contributed by atoms with Crippen LogP contribution in [0, 0.1) is 13.0 Å². The van der Waals surface area contributed by atoms with Crippen molar-refractivity contribution in [2.24, 2.45) is 0 Å². The van der Waals surface area contributed by atoms with Crippen LogP contribution in [0.1, 0.15) is 45.1 Å². The fourth-order valence-corrected chi connectivity index (χ4v) is 1.74. The summed E-state index contributed by atoms with van der Waals surface area (Å²) >= 11 is 0. The molecule has 1 heteroatoms. The fraction of sp³-hybridized carbons (Fsp3) is 0.571. The third kappa shape index (κ3) is 4.37. The van der Waals surface area contributed by atoms with Crippen molar-refractivity contribution >= 4 is 5.69 Å². The highest BCUT2D eigenvalue weighted by Crippen LogP contribution is 2.14. The molecule has 0 aliphatic heterocycles. The Hall–Kier alpha value is -0.980. The minimum atomic E-state index is 0.617. The van der Waals surface area contributed by atoms with Crippen molar-refractivity contribution in [1.29, 1.82) is 0 Å². The minimum Gasteiger partial charge on any atom is -0.382 e. The number of aryl methyl sites for hydroxylation is 1. The van der Waals surface area contributed by atoms with Crippen LogP contribution in [0.25, 0.3) is 0 Å². The maximum Gasteiger partial charge on any atom is 0.0345 e. The molecule has 0 saturated carbocycles. The molecule has 1 rings (SSSR count). The zero-order chi connectivity index (χ0) is 11.1. The van der Waals surface area contributed by atoms with E-state index >= 15 is 0 Å². The molecule has 0 aliphatic rings. The van der Waals surface area contributed by atoms with E-state index in [2.05, 4.69) is 44.3 Å². The number of anilines is 1. The predicted octanol–water partition coefficient (Wildman–Crippen LogP) is 4.18. The third-order valence-electron chi connectivity index (χ3n) is 2.72. The average Bonchev–Trinajstić information content (AvgIpc) is 2.24. The lowest BCUT2D eigenvalue weighted by Crippen LogP contribution is -2.18. The van der Waals surface area contributed by atoms with E-state index in [9.17, 15) is 0 Å². The van der Waals surface area contributed by atoms with Crippen LogP contribution in [0.4, 0.5) is 5.69 Å². The Morgan fingerprint density at radius 3 is 2.80 bits per heavy atom. The molecule has 0 amide bonds. The highest BCUT2D eigenvalue weighted by Gasteiger charge is 2.04. The van der Waals surface area contributed by atoms with Crippen LogP contribution in [0.3, 0.4) is 0 Å². The van der Waals surface area contributed by atoms with Crippen molar-refractivity contribution < 1.29 is 0 Å². The van der Waals surface area contributed by atoms with E-state index in [1.807, 2.05) is 6.07 Å². The number of hydrogen-bond acceptors (Lipinski definition) is 1. The predicted molar refractivity (Wildman–Crippen MR) is 67.2 cm³/mol. The molecule has 0 fully saturated rings. The summed E-state index contributed by atoms with van der Waals surface area (Å²) in [4.78, 5) is 0. The second kappa shape index (κ2) is 6.49. The first-order valence-corrected chi connectivity index (χ1v) is 6.01. The number of nitrogens with one attached hydrogen (secondary N) is 1. The highest BCUT2D eigenvalue weighted by atomic mass is 14.9. The summed E-state index contributed by atoms with van der Waals surface area (Å²) in [5, 5.41) is 3.58. The monoisotopic (exact) mass is 204 g/mol. The first-order valence-electron chi connectivity index (χ1n) is 6.01. The molecule has 1 N–H and O–H groups in total. The van der Waals surface area contributed by atoms with Crippen LogP contribution in [0.2, 0.25) is 0 Å². The molecule has 0 spiro atoms. The van der Waals surface area contributed by atoms with Crippen LogP contribution >= 0.6 is 0 Å². The van der Waals surface area contributed by atoms with E-state index < -0.39 is 0 Å². The Labute approximate surface area is 93.9 Å². The summed E-state index contributed by atoms with van der Waals surface area (Å²) in [6, 6.07) is 10.0. The van der Waals surface area contributed by atoms with Gasteiger partial charge in [-0.2, -0.15) is 0 Å². The van der Waals surface area contributed by atoms with Crippen LogP contribution < -0.4 is 5.32 Å². The van der Waals surface area contributed by atoms with Gasteiger partial charge < -0.3 is 5.32 Å². The summed E-state index contributed by atoms with van der Waals surface area (Å²) < 4.78 is 0. The highest BCUT2D eigenvalue weighted by molar-refractivity contribution is 5.45. The molecule has 1 nitrogen and oxygen atoms in total. The van der Waals surface area contributed by atoms with Crippen molar-refractivity contribution in [2.45, 2.75) is 52.5 Å². The van der Waals surface area contributed by atoms with Gasteiger partial charge in [0.2, 0.25) is 0 Å². The molecule has 0 aliphatic carbocycles. The second-order valence-corrected chi connectivity index (χ2v) is 4.15. The molecular formula is C14H22N. The molecule has 1 atom stereocenters. The van der Waals surface area contributed by atoms with Gasteiger partial charge in [0, 0.05) is 11.7 Å². The van der Waals surface area contributed by atoms with Crippen molar-refractivity contribution in [2.75, 3.05) is 5.32 Å². The van der Waals surface area contributed by atoms with Gasteiger partial charge in [-0.3, -0.25) is 0 Å². The summed E-state index contributed by atoms with van der Waals surface area (Å²) in [7, 11) is 0. The molecule has 1 radical (unpaired) electrons. The van der Waals surface area contributed by atoms with Crippen LogP contribution in [-0.2, 0) is 0 Å². The quantitative estimate of drug-likeness (QED) is 0.733. The SMILES string of the molecule is CCCCC(CC)Nc1cc[c]c(C)c1. The number of benzene rings is 1. The second-order valence-electron chi connectivity index (χ2n) is 4.15. The van der Waals surface area contributed by atoms with Crippen LogP contribution in [0.5, 0.6) is 0 Å². The molecule has 0 aromatic heterocycles. The molecule has 15 heavy (non-hydrogen) atoms. The molecular weight excluding hydrogens is 182 g/mol. The maximum absolute atomic E-state index is 3.58. The zero-order valence-electron chi connectivity index (χ0n) is 10.1. The molecule has 1 aromatic carbocycles. The molecule has 0 saturated heterocycles. The number of hydrogen-bond donors (Lipinski definition) is 1. The van der Waals surface area contributed by atoms with Crippen LogP contribution in [-0.4, -0.2) is 6.04 Å². The van der Waals surface area contributed by atoms with Crippen molar-refractivity contribution in [3.63, 3.8) is 0 Å². The first kappa shape index (κ1) is 12.1. The molecule has 1 unspecified atom stereocenters. The molecule has 0 heterocycles. The largest absolute Gasteiger partial charge is 0.382 e. The van der Waals surface area contributed by atoms with Gasteiger partial charge in [0.1, 0.15) is 0 Å². The third-order valence-corrected chi connectivity index (χ3v) is 2.72. The minimum absolute atomic E-state index is 0.617. The zero-order valence-corrected chi connectivity index (χ0v) is 10.1. The summed E-state index contributed by atoms with van der Waals surface area (Å²) in [6.45, 7) is 6.57. The Morgan fingerprint density at radius 1 is 1.40 bits per heavy atom. The number of unbranched alkanes of at least 4 members (excludes halogenated alkanes) is 1. The summed E-state index contributed by atoms with van der Waals surface area (Å²) in [5.41, 5.74) is 2.43. The van der Waals surface area contributed by atoms with E-state index in [4.69, 9.17) is 0 Å². The molecule has 0 bridgehead atoms. The van der Waals surface area contributed by atoms with Gasteiger partial charge in [0.25, 0.3) is 0 Å². The van der Waals surface area contributed by atoms with E-state index in [0.717, 1.165) is 0 Å². The van der Waals surface area contributed by atoms with Gasteiger partial charge in [-0.25, -0.2) is 0 Å². The lowest BCUT2D eigenvalue weighted by molar-refractivity contribution is 0.593. The summed E-state index contributed by atoms with van der Waals surface area (Å²) in [6.07, 6.45) is 5.05. The Bertz CT molecular complexity index is 280. The van der Waals surface area contributed by atoms with Crippen molar-refractivity contribution in [1.82, 2.24) is 0 Å². The smallest absolute Gasteiger partial charge is 0.0345 e. The average molecular weight is 204 g/mol. The van der Waals surface area contributed by atoms with Gasteiger partial charge in [-0.15, -0.1) is 0 Å². The Morgan fingerprint density at radius 2 is 2.20 bits per heavy atom. The van der Waals surface area contributed by atoms with Crippen molar-refractivity contribution in [3.8, 4) is 0 Å². The van der Waals surface area contributed by atoms with Gasteiger partial charge in [-0.1, -0.05) is 32.8 Å². The van der Waals surface area contributed by atoms with E-state index in [1.54, 1.807) is 0 Å². The lowest BCUT2D eigenvalue weighted by Gasteiger charge is -2.18. The van der Waals surface area contributed by atoms with E-state index in [0.29, 0.717) is 6.04 Å². The lowest BCUT2D eigenvalue weighted by atomic mass is 10.1. The van der Waals surface area contributed by atoms with Gasteiger partial charge >= 0.3 is 0 Å². The van der Waals surface area contributed by atoms with Gasteiger partial charge in [-0.05, 0) is 43.5 Å². The maximum atomic E-state index is 3.58. The normalized spacial score (nSPS) is 12.5. The number of rotatable bonds is 6. The van der Waals surface area contributed by atoms with Gasteiger partial charge in [0.15, 0.2) is 0 Å². The standard InChI is InChI=1S/C14H22N/c1-4-6-9-13(5-2)15-14-10-7-8-12(3)11-14/h7,10-11,13,15H,4-6,9H2,1-3H3. The Balaban J connectivity index is 2.50. The van der Waals surface area contributed by atoms with E-state index in [1.165, 1.54) is 36.9 Å². The molecule has 1 aromatic rings. The summed E-state index contributed by atoms with van der Waals surface area (Å²) in [5.74, 6) is 0. The first-order chi connectivity index (χ1) is 7.26. The van der Waals surface area contributed by atoms with Crippen LogP contribution in [0.15, 0.2) is 18.2 Å².